The van der Waals surface area contributed by atoms with E-state index in [9.17, 15) is 4.79 Å². The number of hydrogen-bond donors (Lipinski definition) is 1. The Morgan fingerprint density at radius 2 is 2.25 bits per heavy atom. The van der Waals surface area contributed by atoms with Gasteiger partial charge in [0, 0.05) is 18.1 Å². The highest BCUT2D eigenvalue weighted by atomic mass is 16.1. The van der Waals surface area contributed by atoms with E-state index in [-0.39, 0.29) is 5.91 Å². The first kappa shape index (κ1) is 10.6. The third-order valence-electron chi connectivity index (χ3n) is 2.51. The van der Waals surface area contributed by atoms with Crippen LogP contribution in [0.4, 0.5) is 0 Å². The van der Waals surface area contributed by atoms with Gasteiger partial charge in [0.05, 0.1) is 11.1 Å². The van der Waals surface area contributed by atoms with Crippen LogP contribution < -0.4 is 5.32 Å². The molecule has 1 heterocycles. The van der Waals surface area contributed by atoms with E-state index in [4.69, 9.17) is 0 Å². The molecule has 0 atom stereocenters. The smallest absolute Gasteiger partial charge is 0.252 e. The van der Waals surface area contributed by atoms with Gasteiger partial charge in [-0.15, -0.1) is 0 Å². The Balaban J connectivity index is 2.48. The zero-order chi connectivity index (χ0) is 11.5. The van der Waals surface area contributed by atoms with Crippen molar-refractivity contribution in [3.63, 3.8) is 0 Å². The minimum atomic E-state index is -0.0709. The number of carbonyl (C=O) groups excluding carboxylic acids is 1. The lowest BCUT2D eigenvalue weighted by atomic mass is 10.1. The fourth-order valence-electron chi connectivity index (χ4n) is 1.70. The van der Waals surface area contributed by atoms with Gasteiger partial charge in [0.15, 0.2) is 0 Å². The molecular formula is C13H14N2O. The van der Waals surface area contributed by atoms with Crippen molar-refractivity contribution in [3.05, 3.63) is 41.6 Å². The summed E-state index contributed by atoms with van der Waals surface area (Å²) in [6.07, 6.45) is 1.63. The molecule has 0 bridgehead atoms. The van der Waals surface area contributed by atoms with Crippen molar-refractivity contribution in [2.24, 2.45) is 0 Å². The summed E-state index contributed by atoms with van der Waals surface area (Å²) in [5, 5.41) is 3.77. The summed E-state index contributed by atoms with van der Waals surface area (Å²) < 4.78 is 0. The molecule has 0 saturated heterocycles. The van der Waals surface area contributed by atoms with Gasteiger partial charge in [-0.25, -0.2) is 0 Å². The third kappa shape index (κ3) is 1.89. The first-order chi connectivity index (χ1) is 7.72. The summed E-state index contributed by atoms with van der Waals surface area (Å²) in [5.74, 6) is -0.0709. The number of nitrogens with zero attached hydrogens (tertiary/aromatic N) is 1. The number of rotatable bonds is 2. The summed E-state index contributed by atoms with van der Waals surface area (Å²) in [4.78, 5) is 15.9. The number of aryl methyl sites for hydroxylation is 1. The average molecular weight is 214 g/mol. The minimum absolute atomic E-state index is 0.0709. The molecule has 3 heteroatoms. The van der Waals surface area contributed by atoms with Gasteiger partial charge in [-0.1, -0.05) is 18.2 Å². The Morgan fingerprint density at radius 1 is 1.44 bits per heavy atom. The molecule has 1 amide bonds. The van der Waals surface area contributed by atoms with Crippen molar-refractivity contribution in [2.45, 2.75) is 13.8 Å². The number of fused-ring (bicyclic) bond motifs is 1. The van der Waals surface area contributed by atoms with Gasteiger partial charge in [-0.2, -0.15) is 0 Å². The number of pyridine rings is 1. The largest absolute Gasteiger partial charge is 0.352 e. The summed E-state index contributed by atoms with van der Waals surface area (Å²) in [6.45, 7) is 4.54. The number of carbonyl (C=O) groups is 1. The molecule has 16 heavy (non-hydrogen) atoms. The van der Waals surface area contributed by atoms with E-state index in [1.165, 1.54) is 0 Å². The highest BCUT2D eigenvalue weighted by Gasteiger charge is 2.06. The van der Waals surface area contributed by atoms with E-state index in [0.29, 0.717) is 12.1 Å². The molecule has 0 radical (unpaired) electrons. The van der Waals surface area contributed by atoms with Crippen LogP contribution >= 0.6 is 0 Å². The summed E-state index contributed by atoms with van der Waals surface area (Å²) >= 11 is 0. The van der Waals surface area contributed by atoms with Crippen LogP contribution in [0, 0.1) is 6.92 Å². The Morgan fingerprint density at radius 3 is 3.00 bits per heavy atom. The van der Waals surface area contributed by atoms with Gasteiger partial charge in [0.2, 0.25) is 0 Å². The lowest BCUT2D eigenvalue weighted by Gasteiger charge is -2.04. The monoisotopic (exact) mass is 214 g/mol. The van der Waals surface area contributed by atoms with E-state index in [2.05, 4.69) is 10.3 Å². The summed E-state index contributed by atoms with van der Waals surface area (Å²) in [5.41, 5.74) is 2.69. The second kappa shape index (κ2) is 4.31. The quantitative estimate of drug-likeness (QED) is 0.833. The summed E-state index contributed by atoms with van der Waals surface area (Å²) in [7, 11) is 0. The van der Waals surface area contributed by atoms with Crippen LogP contribution in [0.25, 0.3) is 10.9 Å². The van der Waals surface area contributed by atoms with Crippen molar-refractivity contribution < 1.29 is 4.79 Å². The number of nitrogens with one attached hydrogen (secondary N) is 1. The number of hydrogen-bond acceptors (Lipinski definition) is 2. The van der Waals surface area contributed by atoms with Crippen LogP contribution in [-0.2, 0) is 0 Å². The fourth-order valence-corrected chi connectivity index (χ4v) is 1.70. The number of para-hydroxylation sites is 1. The van der Waals surface area contributed by atoms with Crippen molar-refractivity contribution in [1.82, 2.24) is 10.3 Å². The molecule has 1 aromatic carbocycles. The molecule has 0 saturated carbocycles. The van der Waals surface area contributed by atoms with Crippen LogP contribution in [-0.4, -0.2) is 17.4 Å². The first-order valence-corrected chi connectivity index (χ1v) is 5.36. The highest BCUT2D eigenvalue weighted by molar-refractivity contribution is 5.97. The van der Waals surface area contributed by atoms with E-state index in [0.717, 1.165) is 16.5 Å². The molecule has 0 spiro atoms. The first-order valence-electron chi connectivity index (χ1n) is 5.36. The van der Waals surface area contributed by atoms with Crippen LogP contribution in [0.1, 0.15) is 22.8 Å². The highest BCUT2D eigenvalue weighted by Crippen LogP contribution is 2.16. The molecule has 0 aliphatic rings. The lowest BCUT2D eigenvalue weighted by Crippen LogP contribution is -2.22. The number of benzene rings is 1. The molecule has 82 valence electrons. The van der Waals surface area contributed by atoms with E-state index in [1.807, 2.05) is 38.1 Å². The van der Waals surface area contributed by atoms with E-state index < -0.39 is 0 Å². The molecule has 1 aromatic heterocycles. The predicted molar refractivity (Wildman–Crippen MR) is 64.5 cm³/mol. The van der Waals surface area contributed by atoms with Gasteiger partial charge in [0.1, 0.15) is 0 Å². The second-order valence-electron chi connectivity index (χ2n) is 3.73. The third-order valence-corrected chi connectivity index (χ3v) is 2.51. The number of aromatic nitrogens is 1. The van der Waals surface area contributed by atoms with Crippen molar-refractivity contribution in [1.29, 1.82) is 0 Å². The number of amides is 1. The Hall–Kier alpha value is -1.90. The van der Waals surface area contributed by atoms with Crippen LogP contribution in [0.5, 0.6) is 0 Å². The SMILES string of the molecule is CCNC(=O)c1cnc2c(C)cccc2c1. The van der Waals surface area contributed by atoms with Gasteiger partial charge in [-0.3, -0.25) is 9.78 Å². The average Bonchev–Trinajstić information content (AvgIpc) is 2.29. The zero-order valence-electron chi connectivity index (χ0n) is 9.45. The topological polar surface area (TPSA) is 42.0 Å². The van der Waals surface area contributed by atoms with Crippen molar-refractivity contribution in [2.75, 3.05) is 6.54 Å². The Labute approximate surface area is 94.5 Å². The molecular weight excluding hydrogens is 200 g/mol. The van der Waals surface area contributed by atoms with E-state index >= 15 is 0 Å². The molecule has 0 fully saturated rings. The standard InChI is InChI=1S/C13H14N2O/c1-3-14-13(16)11-7-10-6-4-5-9(2)12(10)15-8-11/h4-8H,3H2,1-2H3,(H,14,16). The molecule has 0 unspecified atom stereocenters. The maximum absolute atomic E-state index is 11.6. The van der Waals surface area contributed by atoms with Crippen LogP contribution in [0.2, 0.25) is 0 Å². The minimum Gasteiger partial charge on any atom is -0.352 e. The molecule has 1 N–H and O–H groups in total. The van der Waals surface area contributed by atoms with Crippen LogP contribution in [0.3, 0.4) is 0 Å². The maximum atomic E-state index is 11.6. The lowest BCUT2D eigenvalue weighted by molar-refractivity contribution is 0.0955. The van der Waals surface area contributed by atoms with Crippen molar-refractivity contribution >= 4 is 16.8 Å². The Kier molecular flexibility index (Phi) is 2.86. The zero-order valence-corrected chi connectivity index (χ0v) is 9.45. The van der Waals surface area contributed by atoms with Gasteiger partial charge in [0.25, 0.3) is 5.91 Å². The Bertz CT molecular complexity index is 534. The molecule has 2 aromatic rings. The van der Waals surface area contributed by atoms with E-state index in [1.54, 1.807) is 6.20 Å². The van der Waals surface area contributed by atoms with Crippen LogP contribution in [0.15, 0.2) is 30.5 Å². The fraction of sp³-hybridized carbons (Fsp3) is 0.231. The molecule has 2 rings (SSSR count). The second-order valence-corrected chi connectivity index (χ2v) is 3.73. The van der Waals surface area contributed by atoms with Gasteiger partial charge in [-0.05, 0) is 25.5 Å². The predicted octanol–water partition coefficient (Wildman–Crippen LogP) is 2.29. The molecule has 0 aliphatic heterocycles. The maximum Gasteiger partial charge on any atom is 0.252 e. The summed E-state index contributed by atoms with van der Waals surface area (Å²) in [6, 6.07) is 7.83. The molecule has 3 nitrogen and oxygen atoms in total. The van der Waals surface area contributed by atoms with Crippen molar-refractivity contribution in [3.8, 4) is 0 Å². The van der Waals surface area contributed by atoms with Gasteiger partial charge < -0.3 is 5.32 Å². The normalized spacial score (nSPS) is 10.4. The molecule has 0 aliphatic carbocycles. The van der Waals surface area contributed by atoms with Gasteiger partial charge >= 0.3 is 0 Å².